The molecule has 1 heterocycles. The summed E-state index contributed by atoms with van der Waals surface area (Å²) < 4.78 is 6.36. The third kappa shape index (κ3) is 2.03. The summed E-state index contributed by atoms with van der Waals surface area (Å²) in [6.07, 6.45) is -0.487. The van der Waals surface area contributed by atoms with Crippen molar-refractivity contribution >= 4 is 49.9 Å². The van der Waals surface area contributed by atoms with Crippen LogP contribution in [-0.4, -0.2) is 13.1 Å². The first-order valence-corrected chi connectivity index (χ1v) is 6.94. The third-order valence-electron chi connectivity index (χ3n) is 2.91. The summed E-state index contributed by atoms with van der Waals surface area (Å²) in [4.78, 5) is 11.4. The minimum absolute atomic E-state index is 0.487. The lowest BCUT2D eigenvalue weighted by Gasteiger charge is -2.08. The van der Waals surface area contributed by atoms with E-state index in [0.717, 1.165) is 20.9 Å². The van der Waals surface area contributed by atoms with Crippen LogP contribution in [0.5, 0.6) is 5.75 Å². The lowest BCUT2D eigenvalue weighted by molar-refractivity contribution is 0.203. The number of carbonyl (C=O) groups is 1. The predicted octanol–water partition coefficient (Wildman–Crippen LogP) is 4.43. The Hall–Kier alpha value is -1.78. The van der Waals surface area contributed by atoms with Crippen molar-refractivity contribution < 1.29 is 9.53 Å². The number of hydrogen-bond donors (Lipinski definition) is 1. The molecule has 0 saturated carbocycles. The third-order valence-corrected chi connectivity index (χ3v) is 4.19. The fraction of sp³-hybridized carbons (Fsp3) is 0.0714. The van der Waals surface area contributed by atoms with Crippen LogP contribution in [0.2, 0.25) is 5.02 Å². The lowest BCUT2D eigenvalue weighted by Crippen LogP contribution is -2.22. The Morgan fingerprint density at radius 3 is 2.89 bits per heavy atom. The van der Waals surface area contributed by atoms with Crippen molar-refractivity contribution in [1.29, 1.82) is 0 Å². The van der Waals surface area contributed by atoms with E-state index < -0.39 is 6.09 Å². The minimum atomic E-state index is -0.487. The van der Waals surface area contributed by atoms with Crippen molar-refractivity contribution in [2.45, 2.75) is 0 Å². The first-order valence-electron chi connectivity index (χ1n) is 5.68. The largest absolute Gasteiger partial charge is 0.412 e. The van der Waals surface area contributed by atoms with E-state index in [0.29, 0.717) is 10.8 Å². The molecule has 0 unspecified atom stereocenters. The van der Waals surface area contributed by atoms with Gasteiger partial charge in [0.1, 0.15) is 5.75 Å². The van der Waals surface area contributed by atoms with Crippen LogP contribution in [0.15, 0.2) is 35.7 Å². The summed E-state index contributed by atoms with van der Waals surface area (Å²) >= 11 is 7.82. The van der Waals surface area contributed by atoms with Gasteiger partial charge in [0.15, 0.2) is 0 Å². The Bertz CT molecular complexity index is 782. The van der Waals surface area contributed by atoms with Gasteiger partial charge in [-0.05, 0) is 23.6 Å². The molecule has 5 heteroatoms. The van der Waals surface area contributed by atoms with Gasteiger partial charge in [-0.2, -0.15) is 0 Å². The van der Waals surface area contributed by atoms with Gasteiger partial charge in [-0.25, -0.2) is 4.79 Å². The molecular formula is C14H10ClNO2S. The number of ether oxygens (including phenoxy) is 1. The fourth-order valence-corrected chi connectivity index (χ4v) is 3.21. The standard InChI is InChI=1S/C14H10ClNO2S/c1-16-14(17)18-12-7-10-8(3-2-4-11(10)15)13-9(12)5-6-19-13/h2-7H,1H3,(H,16,17). The zero-order chi connectivity index (χ0) is 13.4. The number of nitrogens with one attached hydrogen (secondary N) is 1. The molecule has 0 atom stereocenters. The van der Waals surface area contributed by atoms with Crippen LogP contribution >= 0.6 is 22.9 Å². The number of hydrogen-bond acceptors (Lipinski definition) is 3. The normalized spacial score (nSPS) is 10.8. The molecule has 0 aliphatic carbocycles. The lowest BCUT2D eigenvalue weighted by atomic mass is 10.1. The molecule has 3 nitrogen and oxygen atoms in total. The first kappa shape index (κ1) is 12.3. The van der Waals surface area contributed by atoms with Gasteiger partial charge >= 0.3 is 6.09 Å². The molecule has 0 bridgehead atoms. The summed E-state index contributed by atoms with van der Waals surface area (Å²) in [6, 6.07) is 9.51. The van der Waals surface area contributed by atoms with E-state index in [2.05, 4.69) is 5.32 Å². The summed E-state index contributed by atoms with van der Waals surface area (Å²) in [5.74, 6) is 0.524. The van der Waals surface area contributed by atoms with Crippen molar-refractivity contribution in [3.63, 3.8) is 0 Å². The van der Waals surface area contributed by atoms with Crippen molar-refractivity contribution in [1.82, 2.24) is 5.32 Å². The highest BCUT2D eigenvalue weighted by atomic mass is 35.5. The molecule has 0 radical (unpaired) electrons. The molecule has 3 aromatic rings. The summed E-state index contributed by atoms with van der Waals surface area (Å²) in [7, 11) is 1.53. The van der Waals surface area contributed by atoms with Crippen molar-refractivity contribution in [3.05, 3.63) is 40.7 Å². The van der Waals surface area contributed by atoms with E-state index in [1.54, 1.807) is 11.3 Å². The molecule has 0 aliphatic heterocycles. The van der Waals surface area contributed by atoms with Crippen LogP contribution in [-0.2, 0) is 0 Å². The van der Waals surface area contributed by atoms with Gasteiger partial charge in [0.2, 0.25) is 0 Å². The zero-order valence-corrected chi connectivity index (χ0v) is 11.6. The number of amides is 1. The van der Waals surface area contributed by atoms with Crippen molar-refractivity contribution in [2.75, 3.05) is 7.05 Å². The van der Waals surface area contributed by atoms with Crippen molar-refractivity contribution in [2.24, 2.45) is 0 Å². The number of fused-ring (bicyclic) bond motifs is 3. The predicted molar refractivity (Wildman–Crippen MR) is 79.4 cm³/mol. The summed E-state index contributed by atoms with van der Waals surface area (Å²) in [5.41, 5.74) is 0. The molecule has 2 aromatic carbocycles. The molecule has 1 aromatic heterocycles. The SMILES string of the molecule is CNC(=O)Oc1cc2c(Cl)cccc2c2sccc12. The second-order valence-corrected chi connectivity index (χ2v) is 5.34. The van der Waals surface area contributed by atoms with Gasteiger partial charge < -0.3 is 10.1 Å². The fourth-order valence-electron chi connectivity index (χ4n) is 2.04. The maximum atomic E-state index is 11.4. The van der Waals surface area contributed by atoms with E-state index in [-0.39, 0.29) is 0 Å². The maximum absolute atomic E-state index is 11.4. The second-order valence-electron chi connectivity index (χ2n) is 4.01. The monoisotopic (exact) mass is 291 g/mol. The molecular weight excluding hydrogens is 282 g/mol. The van der Waals surface area contributed by atoms with Crippen LogP contribution in [0.4, 0.5) is 4.79 Å². The number of benzene rings is 2. The van der Waals surface area contributed by atoms with Crippen LogP contribution in [0.1, 0.15) is 0 Å². The van der Waals surface area contributed by atoms with Crippen LogP contribution in [0, 0.1) is 0 Å². The van der Waals surface area contributed by atoms with E-state index in [4.69, 9.17) is 16.3 Å². The Balaban J connectivity index is 2.33. The van der Waals surface area contributed by atoms with Gasteiger partial charge in [0.05, 0.1) is 0 Å². The smallest absolute Gasteiger partial charge is 0.410 e. The van der Waals surface area contributed by atoms with Gasteiger partial charge in [-0.15, -0.1) is 11.3 Å². The Morgan fingerprint density at radius 2 is 2.11 bits per heavy atom. The van der Waals surface area contributed by atoms with E-state index >= 15 is 0 Å². The molecule has 3 rings (SSSR count). The first-order chi connectivity index (χ1) is 9.20. The molecule has 19 heavy (non-hydrogen) atoms. The summed E-state index contributed by atoms with van der Waals surface area (Å²) in [6.45, 7) is 0. The summed E-state index contributed by atoms with van der Waals surface area (Å²) in [5, 5.41) is 7.94. The van der Waals surface area contributed by atoms with Gasteiger partial charge in [-0.1, -0.05) is 23.7 Å². The minimum Gasteiger partial charge on any atom is -0.410 e. The van der Waals surface area contributed by atoms with Crippen LogP contribution in [0.25, 0.3) is 20.9 Å². The zero-order valence-electron chi connectivity index (χ0n) is 10.1. The number of rotatable bonds is 1. The van der Waals surface area contributed by atoms with E-state index in [9.17, 15) is 4.79 Å². The molecule has 1 amide bonds. The Kier molecular flexibility index (Phi) is 3.05. The van der Waals surface area contributed by atoms with Crippen LogP contribution < -0.4 is 10.1 Å². The number of thiophene rings is 1. The Morgan fingerprint density at radius 1 is 1.26 bits per heavy atom. The molecule has 1 N–H and O–H groups in total. The molecule has 0 aliphatic rings. The number of halogens is 1. The topological polar surface area (TPSA) is 38.3 Å². The quantitative estimate of drug-likeness (QED) is 0.720. The van der Waals surface area contributed by atoms with Gasteiger partial charge in [-0.3, -0.25) is 0 Å². The average Bonchev–Trinajstić information content (AvgIpc) is 2.89. The maximum Gasteiger partial charge on any atom is 0.412 e. The second kappa shape index (κ2) is 4.72. The number of carbonyl (C=O) groups excluding carboxylic acids is 1. The molecule has 0 saturated heterocycles. The van der Waals surface area contributed by atoms with Gasteiger partial charge in [0.25, 0.3) is 0 Å². The Labute approximate surface area is 118 Å². The average molecular weight is 292 g/mol. The van der Waals surface area contributed by atoms with Crippen molar-refractivity contribution in [3.8, 4) is 5.75 Å². The van der Waals surface area contributed by atoms with Crippen LogP contribution in [0.3, 0.4) is 0 Å². The van der Waals surface area contributed by atoms with E-state index in [1.807, 2.05) is 35.7 Å². The van der Waals surface area contributed by atoms with Gasteiger partial charge in [0, 0.05) is 32.9 Å². The molecule has 0 fully saturated rings. The molecule has 0 spiro atoms. The molecule has 96 valence electrons. The highest BCUT2D eigenvalue weighted by Gasteiger charge is 2.12. The highest BCUT2D eigenvalue weighted by molar-refractivity contribution is 7.18. The van der Waals surface area contributed by atoms with E-state index in [1.165, 1.54) is 7.05 Å². The highest BCUT2D eigenvalue weighted by Crippen LogP contribution is 2.39.